The van der Waals surface area contributed by atoms with Gasteiger partial charge in [0.2, 0.25) is 0 Å². The SMILES string of the molecule is CO[C@H]1OC(CO)[C@@H](O[C@H]2OC(COCC(O)C[N+](C)(C)C)[C@@H](O[C@H]3OC(CO)[C@@H](OC)[C@@H](O)C3O)[C@@H](O)C2O)[C@@H](O)C1O. The zero-order valence-corrected chi connectivity index (χ0v) is 25.5. The number of likely N-dealkylation sites (N-methyl/N-ethyl adjacent to an activating group) is 1. The predicted molar refractivity (Wildman–Crippen MR) is 143 cm³/mol. The number of quaternary nitrogens is 1. The normalized spacial score (nSPS) is 44.5. The minimum absolute atomic E-state index is 0.151. The van der Waals surface area contributed by atoms with E-state index in [9.17, 15) is 46.0 Å². The number of nitrogens with zero attached hydrogens (tertiary/aromatic N) is 1. The Hall–Kier alpha value is -0.720. The quantitative estimate of drug-likeness (QED) is 0.0794. The second kappa shape index (κ2) is 16.4. The summed E-state index contributed by atoms with van der Waals surface area (Å²) in [4.78, 5) is 0. The molecule has 0 bridgehead atoms. The fourth-order valence-corrected chi connectivity index (χ4v) is 5.51. The van der Waals surface area contributed by atoms with Gasteiger partial charge in [-0.3, -0.25) is 0 Å². The van der Waals surface area contributed by atoms with E-state index in [-0.39, 0.29) is 13.2 Å². The van der Waals surface area contributed by atoms with Crippen molar-refractivity contribution in [3.63, 3.8) is 0 Å². The summed E-state index contributed by atoms with van der Waals surface area (Å²) in [5.74, 6) is 0. The van der Waals surface area contributed by atoms with Crippen molar-refractivity contribution in [1.82, 2.24) is 0 Å². The van der Waals surface area contributed by atoms with Crippen LogP contribution in [0.2, 0.25) is 0 Å². The van der Waals surface area contributed by atoms with Crippen molar-refractivity contribution in [3.8, 4) is 0 Å². The van der Waals surface area contributed by atoms with E-state index in [0.29, 0.717) is 11.0 Å². The Balaban J connectivity index is 1.80. The highest BCUT2D eigenvalue weighted by molar-refractivity contribution is 4.96. The van der Waals surface area contributed by atoms with Crippen LogP contribution in [0.1, 0.15) is 0 Å². The van der Waals surface area contributed by atoms with Gasteiger partial charge in [0.25, 0.3) is 0 Å². The van der Waals surface area contributed by atoms with Crippen LogP contribution in [0.15, 0.2) is 0 Å². The highest BCUT2D eigenvalue weighted by Crippen LogP contribution is 2.33. The largest absolute Gasteiger partial charge is 0.394 e. The van der Waals surface area contributed by atoms with Crippen LogP contribution >= 0.6 is 0 Å². The summed E-state index contributed by atoms with van der Waals surface area (Å²) in [6, 6.07) is 0. The number of aliphatic hydroxyl groups excluding tert-OH is 9. The highest BCUT2D eigenvalue weighted by atomic mass is 16.8. The van der Waals surface area contributed by atoms with Crippen molar-refractivity contribution in [2.75, 3.05) is 68.3 Å². The van der Waals surface area contributed by atoms with Crippen LogP contribution < -0.4 is 0 Å². The average Bonchev–Trinajstić information content (AvgIpc) is 2.96. The van der Waals surface area contributed by atoms with Crippen LogP contribution in [0.3, 0.4) is 0 Å². The third kappa shape index (κ3) is 9.00. The molecule has 18 nitrogen and oxygen atoms in total. The van der Waals surface area contributed by atoms with Gasteiger partial charge in [-0.1, -0.05) is 0 Å². The summed E-state index contributed by atoms with van der Waals surface area (Å²) >= 11 is 0. The number of hydrogen-bond donors (Lipinski definition) is 9. The maximum absolute atomic E-state index is 11.2. The van der Waals surface area contributed by atoms with E-state index in [2.05, 4.69) is 0 Å². The lowest BCUT2D eigenvalue weighted by Gasteiger charge is -2.48. The second-order valence-electron chi connectivity index (χ2n) is 12.2. The molecule has 3 aliphatic rings. The Morgan fingerprint density at radius 3 is 1.52 bits per heavy atom. The molecule has 0 radical (unpaired) electrons. The summed E-state index contributed by atoms with van der Waals surface area (Å²) in [6.45, 7) is -1.43. The van der Waals surface area contributed by atoms with Gasteiger partial charge in [-0.05, 0) is 0 Å². The standard InChI is InChI=1S/C26H50NO17/c1-27(2,3)6-11(30)9-39-10-14-23(44-25-19(35)15(31)21(37-4)12(7-28)41-25)17(33)20(36)26(42-14)43-22-13(8-29)40-24(38-5)18(34)16(22)32/h11-26,28-36H,6-10H2,1-5H3/q+1/t11?,12?,13?,14?,15-,16-,17-,18?,19?,20?,21+,22+,23+,24-,25+,26+/m0/s1. The maximum atomic E-state index is 11.2. The molecule has 260 valence electrons. The van der Waals surface area contributed by atoms with E-state index in [1.807, 2.05) is 21.1 Å². The van der Waals surface area contributed by atoms with Gasteiger partial charge in [0, 0.05) is 14.2 Å². The van der Waals surface area contributed by atoms with E-state index >= 15 is 0 Å². The zero-order chi connectivity index (χ0) is 32.9. The molecular weight excluding hydrogens is 598 g/mol. The molecule has 7 unspecified atom stereocenters. The second-order valence-corrected chi connectivity index (χ2v) is 12.2. The first-order chi connectivity index (χ1) is 20.7. The average molecular weight is 649 g/mol. The van der Waals surface area contributed by atoms with E-state index in [0.717, 1.165) is 0 Å². The van der Waals surface area contributed by atoms with Crippen LogP contribution in [0, 0.1) is 0 Å². The first-order valence-corrected chi connectivity index (χ1v) is 14.4. The predicted octanol–water partition coefficient (Wildman–Crippen LogP) is -6.17. The molecule has 3 heterocycles. The first-order valence-electron chi connectivity index (χ1n) is 14.4. The molecule has 0 saturated carbocycles. The fraction of sp³-hybridized carbons (Fsp3) is 1.00. The third-order valence-electron chi connectivity index (χ3n) is 7.72. The Labute approximate surface area is 255 Å². The molecule has 16 atom stereocenters. The zero-order valence-electron chi connectivity index (χ0n) is 25.5. The lowest BCUT2D eigenvalue weighted by molar-refractivity contribution is -0.873. The minimum atomic E-state index is -1.87. The molecule has 0 aromatic rings. The number of ether oxygens (including phenoxy) is 8. The van der Waals surface area contributed by atoms with Crippen LogP contribution in [-0.4, -0.2) is 217 Å². The molecule has 44 heavy (non-hydrogen) atoms. The Morgan fingerprint density at radius 2 is 1.05 bits per heavy atom. The Bertz CT molecular complexity index is 848. The topological polar surface area (TPSA) is 256 Å². The summed E-state index contributed by atoms with van der Waals surface area (Å²) in [5.41, 5.74) is 0. The van der Waals surface area contributed by atoms with Crippen molar-refractivity contribution in [3.05, 3.63) is 0 Å². The summed E-state index contributed by atoms with van der Waals surface area (Å²) in [5, 5.41) is 94.3. The fourth-order valence-electron chi connectivity index (χ4n) is 5.51. The Morgan fingerprint density at radius 1 is 0.614 bits per heavy atom. The van der Waals surface area contributed by atoms with E-state index in [1.54, 1.807) is 0 Å². The molecule has 9 N–H and O–H groups in total. The molecule has 3 saturated heterocycles. The summed E-state index contributed by atoms with van der Waals surface area (Å²) in [6.07, 6.45) is -23.3. The molecule has 3 aliphatic heterocycles. The van der Waals surface area contributed by atoms with Gasteiger partial charge >= 0.3 is 0 Å². The van der Waals surface area contributed by atoms with Crippen molar-refractivity contribution in [1.29, 1.82) is 0 Å². The van der Waals surface area contributed by atoms with Gasteiger partial charge in [-0.2, -0.15) is 0 Å². The highest BCUT2D eigenvalue weighted by Gasteiger charge is 2.53. The molecule has 0 aromatic heterocycles. The number of hydrogen-bond acceptors (Lipinski definition) is 17. The van der Waals surface area contributed by atoms with Gasteiger partial charge in [-0.15, -0.1) is 0 Å². The lowest BCUT2D eigenvalue weighted by atomic mass is 9.96. The van der Waals surface area contributed by atoms with Gasteiger partial charge < -0.3 is 88.3 Å². The van der Waals surface area contributed by atoms with E-state index < -0.39 is 111 Å². The van der Waals surface area contributed by atoms with Gasteiger partial charge in [0.15, 0.2) is 18.9 Å². The van der Waals surface area contributed by atoms with E-state index in [4.69, 9.17) is 37.9 Å². The molecule has 3 rings (SSSR count). The molecule has 3 fully saturated rings. The van der Waals surface area contributed by atoms with Gasteiger partial charge in [-0.25, -0.2) is 0 Å². The Kier molecular flexibility index (Phi) is 14.1. The first kappa shape index (κ1) is 37.7. The van der Waals surface area contributed by atoms with Crippen LogP contribution in [0.25, 0.3) is 0 Å². The third-order valence-corrected chi connectivity index (χ3v) is 7.72. The van der Waals surface area contributed by atoms with Crippen LogP contribution in [0.4, 0.5) is 0 Å². The van der Waals surface area contributed by atoms with Gasteiger partial charge in [0.1, 0.15) is 85.9 Å². The lowest BCUT2D eigenvalue weighted by Crippen LogP contribution is -2.66. The molecule has 0 amide bonds. The number of methoxy groups -OCH3 is 2. The van der Waals surface area contributed by atoms with E-state index in [1.165, 1.54) is 14.2 Å². The van der Waals surface area contributed by atoms with Crippen molar-refractivity contribution in [2.45, 2.75) is 98.2 Å². The number of aliphatic hydroxyl groups is 9. The molecular formula is C26H50NO17+. The molecule has 18 heteroatoms. The maximum Gasteiger partial charge on any atom is 0.187 e. The molecule has 0 spiro atoms. The minimum Gasteiger partial charge on any atom is -0.394 e. The monoisotopic (exact) mass is 648 g/mol. The van der Waals surface area contributed by atoms with Crippen molar-refractivity contribution >= 4 is 0 Å². The molecule has 0 aliphatic carbocycles. The van der Waals surface area contributed by atoms with Crippen molar-refractivity contribution in [2.24, 2.45) is 0 Å². The van der Waals surface area contributed by atoms with Crippen molar-refractivity contribution < 1.29 is 88.3 Å². The summed E-state index contributed by atoms with van der Waals surface area (Å²) in [7, 11) is 8.12. The van der Waals surface area contributed by atoms with Crippen LogP contribution in [-0.2, 0) is 37.9 Å². The number of rotatable bonds is 14. The summed E-state index contributed by atoms with van der Waals surface area (Å²) < 4.78 is 44.7. The smallest absolute Gasteiger partial charge is 0.187 e. The van der Waals surface area contributed by atoms with Gasteiger partial charge in [0.05, 0.1) is 47.6 Å². The molecule has 0 aromatic carbocycles. The van der Waals surface area contributed by atoms with Crippen LogP contribution in [0.5, 0.6) is 0 Å².